The van der Waals surface area contributed by atoms with Crippen LogP contribution >= 0.6 is 0 Å². The van der Waals surface area contributed by atoms with Crippen LogP contribution in [0.1, 0.15) is 44.0 Å². The fourth-order valence-corrected chi connectivity index (χ4v) is 5.34. The first-order valence-electron chi connectivity index (χ1n) is 10.2. The number of rotatable bonds is 2. The van der Waals surface area contributed by atoms with Gasteiger partial charge in [0, 0.05) is 11.0 Å². The molecule has 3 aliphatic rings. The molecule has 3 heterocycles. The molecule has 0 spiro atoms. The van der Waals surface area contributed by atoms with E-state index in [4.69, 9.17) is 4.74 Å². The Bertz CT molecular complexity index is 1070. The van der Waals surface area contributed by atoms with E-state index in [2.05, 4.69) is 0 Å². The molecule has 2 fully saturated rings. The smallest absolute Gasteiger partial charge is 0.240 e. The molecule has 2 aromatic carbocycles. The van der Waals surface area contributed by atoms with Gasteiger partial charge in [-0.15, -0.1) is 0 Å². The minimum atomic E-state index is -0.629. The number of ether oxygens (including phenoxy) is 1. The van der Waals surface area contributed by atoms with Gasteiger partial charge in [-0.1, -0.05) is 51.1 Å². The fourth-order valence-electron chi connectivity index (χ4n) is 5.34. The van der Waals surface area contributed by atoms with Crippen LogP contribution in [0.2, 0.25) is 0 Å². The lowest BCUT2D eigenvalue weighted by Gasteiger charge is -2.32. The van der Waals surface area contributed by atoms with Crippen molar-refractivity contribution in [2.75, 3.05) is 12.0 Å². The summed E-state index contributed by atoms with van der Waals surface area (Å²) in [5.41, 5.74) is 1.72. The first-order valence-corrected chi connectivity index (χ1v) is 10.2. The average molecular weight is 404 g/mol. The average Bonchev–Trinajstić information content (AvgIpc) is 3.32. The first kappa shape index (κ1) is 18.9. The molecule has 3 amide bonds. The summed E-state index contributed by atoms with van der Waals surface area (Å²) in [6, 6.07) is 13.7. The van der Waals surface area contributed by atoms with Gasteiger partial charge in [-0.2, -0.15) is 0 Å². The van der Waals surface area contributed by atoms with Crippen LogP contribution in [0.4, 0.5) is 5.69 Å². The van der Waals surface area contributed by atoms with Gasteiger partial charge in [0.25, 0.3) is 0 Å². The Morgan fingerprint density at radius 3 is 2.13 bits per heavy atom. The zero-order valence-corrected chi connectivity index (χ0v) is 17.5. The van der Waals surface area contributed by atoms with E-state index in [-0.39, 0.29) is 17.7 Å². The lowest BCUT2D eigenvalue weighted by Crippen LogP contribution is -2.42. The predicted octanol–water partition coefficient (Wildman–Crippen LogP) is 3.49. The Balaban J connectivity index is 1.68. The summed E-state index contributed by atoms with van der Waals surface area (Å²) in [5, 5.41) is 0. The Kier molecular flexibility index (Phi) is 3.88. The molecule has 30 heavy (non-hydrogen) atoms. The van der Waals surface area contributed by atoms with E-state index in [0.717, 1.165) is 11.1 Å². The van der Waals surface area contributed by atoms with Crippen LogP contribution in [0.5, 0.6) is 5.75 Å². The molecule has 2 saturated heterocycles. The standard InChI is InChI=1S/C24H24N2O4/c1-24(2,3)23(29)26-19-14-11-8-12-15(30-4)16(14)20(26)18-17(19)21(27)25(22(18)28)13-9-6-5-7-10-13/h5-12,17-20H,1-4H3/t17-,18+,19-,20-/m0/s1. The topological polar surface area (TPSA) is 66.9 Å². The third kappa shape index (κ3) is 2.27. The number of carbonyl (C=O) groups excluding carboxylic acids is 3. The number of carbonyl (C=O) groups is 3. The molecular weight excluding hydrogens is 380 g/mol. The number of amides is 3. The van der Waals surface area contributed by atoms with Crippen LogP contribution in [0.3, 0.4) is 0 Å². The normalized spacial score (nSPS) is 26.8. The highest BCUT2D eigenvalue weighted by molar-refractivity contribution is 6.23. The number of imide groups is 1. The molecule has 5 rings (SSSR count). The second-order valence-electron chi connectivity index (χ2n) is 9.21. The molecule has 0 saturated carbocycles. The summed E-state index contributed by atoms with van der Waals surface area (Å²) >= 11 is 0. The van der Waals surface area contributed by atoms with E-state index in [1.54, 1.807) is 24.1 Å². The Morgan fingerprint density at radius 1 is 0.900 bits per heavy atom. The minimum absolute atomic E-state index is 0.0583. The van der Waals surface area contributed by atoms with Gasteiger partial charge in [0.2, 0.25) is 17.7 Å². The maximum atomic E-state index is 13.5. The maximum Gasteiger partial charge on any atom is 0.240 e. The van der Waals surface area contributed by atoms with Crippen LogP contribution in [0.25, 0.3) is 0 Å². The van der Waals surface area contributed by atoms with Crippen molar-refractivity contribution in [3.05, 3.63) is 59.7 Å². The summed E-state index contributed by atoms with van der Waals surface area (Å²) in [6.45, 7) is 5.60. The second kappa shape index (κ2) is 6.17. The molecule has 4 atom stereocenters. The summed E-state index contributed by atoms with van der Waals surface area (Å²) in [4.78, 5) is 43.6. The monoisotopic (exact) mass is 404 g/mol. The molecular formula is C24H24N2O4. The molecule has 6 heteroatoms. The number of hydrogen-bond donors (Lipinski definition) is 0. The minimum Gasteiger partial charge on any atom is -0.496 e. The number of methoxy groups -OCH3 is 1. The van der Waals surface area contributed by atoms with Crippen molar-refractivity contribution in [3.63, 3.8) is 0 Å². The summed E-state index contributed by atoms with van der Waals surface area (Å²) in [7, 11) is 1.59. The van der Waals surface area contributed by atoms with Crippen LogP contribution in [0, 0.1) is 17.3 Å². The van der Waals surface area contributed by atoms with Crippen LogP contribution < -0.4 is 9.64 Å². The van der Waals surface area contributed by atoms with Gasteiger partial charge >= 0.3 is 0 Å². The van der Waals surface area contributed by atoms with Crippen LogP contribution in [-0.2, 0) is 14.4 Å². The highest BCUT2D eigenvalue weighted by atomic mass is 16.5. The Hall–Kier alpha value is -3.15. The van der Waals surface area contributed by atoms with Gasteiger partial charge in [-0.05, 0) is 23.8 Å². The van der Waals surface area contributed by atoms with Gasteiger partial charge < -0.3 is 9.64 Å². The molecule has 0 N–H and O–H groups in total. The zero-order chi connectivity index (χ0) is 21.4. The maximum absolute atomic E-state index is 13.5. The van der Waals surface area contributed by atoms with Gasteiger partial charge in [-0.3, -0.25) is 14.4 Å². The van der Waals surface area contributed by atoms with Crippen LogP contribution in [0.15, 0.2) is 48.5 Å². The van der Waals surface area contributed by atoms with Crippen molar-refractivity contribution in [1.82, 2.24) is 4.90 Å². The van der Waals surface area contributed by atoms with Crippen molar-refractivity contribution in [2.24, 2.45) is 17.3 Å². The number of hydrogen-bond acceptors (Lipinski definition) is 4. The molecule has 0 unspecified atom stereocenters. The van der Waals surface area contributed by atoms with E-state index in [9.17, 15) is 14.4 Å². The predicted molar refractivity (Wildman–Crippen MR) is 111 cm³/mol. The van der Waals surface area contributed by atoms with E-state index >= 15 is 0 Å². The number of nitrogens with zero attached hydrogens (tertiary/aromatic N) is 2. The molecule has 0 radical (unpaired) electrons. The summed E-state index contributed by atoms with van der Waals surface area (Å²) < 4.78 is 5.60. The van der Waals surface area contributed by atoms with E-state index in [1.165, 1.54) is 4.90 Å². The van der Waals surface area contributed by atoms with E-state index in [1.807, 2.05) is 57.2 Å². The first-order chi connectivity index (χ1) is 14.3. The molecule has 2 bridgehead atoms. The SMILES string of the molecule is COc1cccc2c1[C@H]1[C@@H]3C(=O)N(c4ccccc4)C(=O)[C@@H]3[C@H]2N1C(=O)C(C)(C)C. The quantitative estimate of drug-likeness (QED) is 0.719. The van der Waals surface area contributed by atoms with Crippen molar-refractivity contribution < 1.29 is 19.1 Å². The second-order valence-corrected chi connectivity index (χ2v) is 9.21. The van der Waals surface area contributed by atoms with E-state index < -0.39 is 29.3 Å². The lowest BCUT2D eigenvalue weighted by molar-refractivity contribution is -0.143. The Morgan fingerprint density at radius 2 is 1.53 bits per heavy atom. The Labute approximate surface area is 175 Å². The van der Waals surface area contributed by atoms with E-state index in [0.29, 0.717) is 11.4 Å². The highest BCUT2D eigenvalue weighted by Gasteiger charge is 2.69. The number of anilines is 1. The lowest BCUT2D eigenvalue weighted by atomic mass is 9.77. The number of benzene rings is 2. The third-order valence-electron chi connectivity index (χ3n) is 6.50. The van der Waals surface area contributed by atoms with Gasteiger partial charge in [0.15, 0.2) is 0 Å². The van der Waals surface area contributed by atoms with Crippen molar-refractivity contribution in [1.29, 1.82) is 0 Å². The van der Waals surface area contributed by atoms with Crippen molar-refractivity contribution in [2.45, 2.75) is 32.9 Å². The molecule has 0 aromatic heterocycles. The molecule has 0 aliphatic carbocycles. The molecule has 3 aliphatic heterocycles. The largest absolute Gasteiger partial charge is 0.496 e. The fraction of sp³-hybridized carbons (Fsp3) is 0.375. The number of fused-ring (bicyclic) bond motifs is 8. The molecule has 154 valence electrons. The van der Waals surface area contributed by atoms with Crippen molar-refractivity contribution >= 4 is 23.4 Å². The van der Waals surface area contributed by atoms with Crippen molar-refractivity contribution in [3.8, 4) is 5.75 Å². The molecule has 2 aromatic rings. The third-order valence-corrected chi connectivity index (χ3v) is 6.50. The van der Waals surface area contributed by atoms with Gasteiger partial charge in [0.1, 0.15) is 5.75 Å². The van der Waals surface area contributed by atoms with Gasteiger partial charge in [-0.25, -0.2) is 4.90 Å². The molecule has 6 nitrogen and oxygen atoms in total. The number of para-hydroxylation sites is 1. The van der Waals surface area contributed by atoms with Crippen LogP contribution in [-0.4, -0.2) is 29.7 Å². The highest BCUT2D eigenvalue weighted by Crippen LogP contribution is 2.64. The summed E-state index contributed by atoms with van der Waals surface area (Å²) in [5.74, 6) is -1.05. The zero-order valence-electron chi connectivity index (χ0n) is 17.5. The van der Waals surface area contributed by atoms with Gasteiger partial charge in [0.05, 0.1) is 36.7 Å². The summed E-state index contributed by atoms with van der Waals surface area (Å²) in [6.07, 6.45) is 0.